The molecule has 5 nitrogen and oxygen atoms in total. The van der Waals surface area contributed by atoms with Crippen molar-refractivity contribution in [1.29, 1.82) is 0 Å². The molecule has 2 aromatic carbocycles. The number of amides is 1. The number of aromatic nitrogens is 3. The minimum absolute atomic E-state index is 0.0702. The molecule has 0 aliphatic heterocycles. The van der Waals surface area contributed by atoms with Gasteiger partial charge in [0, 0.05) is 29.2 Å². The van der Waals surface area contributed by atoms with Crippen LogP contribution in [-0.4, -0.2) is 20.4 Å². The molecule has 26 heavy (non-hydrogen) atoms. The Kier molecular flexibility index (Phi) is 4.50. The lowest BCUT2D eigenvalue weighted by atomic mass is 10.2. The van der Waals surface area contributed by atoms with E-state index in [2.05, 4.69) is 15.3 Å². The van der Waals surface area contributed by atoms with Gasteiger partial charge in [-0.25, -0.2) is 9.97 Å². The highest BCUT2D eigenvalue weighted by molar-refractivity contribution is 7.13. The summed E-state index contributed by atoms with van der Waals surface area (Å²) < 4.78 is 1.98. The van der Waals surface area contributed by atoms with Gasteiger partial charge in [-0.2, -0.15) is 0 Å². The number of carbonyl (C=O) groups excluding carboxylic acids is 1. The minimum Gasteiger partial charge on any atom is -0.325 e. The molecule has 4 aromatic rings. The molecule has 0 saturated heterocycles. The monoisotopic (exact) mass is 362 g/mol. The van der Waals surface area contributed by atoms with Crippen molar-refractivity contribution >= 4 is 34.0 Å². The SMILES string of the molecule is CCc1nc2ccccc2n1CC(=O)Nc1cccc(-c2nccs2)c1. The molecule has 0 bridgehead atoms. The van der Waals surface area contributed by atoms with Gasteiger partial charge in [0.25, 0.3) is 0 Å². The maximum absolute atomic E-state index is 12.6. The highest BCUT2D eigenvalue weighted by Gasteiger charge is 2.13. The summed E-state index contributed by atoms with van der Waals surface area (Å²) in [5, 5.41) is 5.87. The van der Waals surface area contributed by atoms with E-state index in [0.29, 0.717) is 0 Å². The van der Waals surface area contributed by atoms with Crippen LogP contribution in [0.3, 0.4) is 0 Å². The molecule has 1 N–H and O–H groups in total. The van der Waals surface area contributed by atoms with Crippen LogP contribution in [0.25, 0.3) is 21.6 Å². The van der Waals surface area contributed by atoms with Gasteiger partial charge in [0.05, 0.1) is 11.0 Å². The smallest absolute Gasteiger partial charge is 0.244 e. The number of aryl methyl sites for hydroxylation is 1. The first-order chi connectivity index (χ1) is 12.7. The summed E-state index contributed by atoms with van der Waals surface area (Å²) in [5.74, 6) is 0.844. The Balaban J connectivity index is 1.56. The maximum atomic E-state index is 12.6. The van der Waals surface area contributed by atoms with Crippen LogP contribution in [0.5, 0.6) is 0 Å². The second kappa shape index (κ2) is 7.09. The van der Waals surface area contributed by atoms with Crippen molar-refractivity contribution in [3.63, 3.8) is 0 Å². The highest BCUT2D eigenvalue weighted by Crippen LogP contribution is 2.24. The van der Waals surface area contributed by atoms with E-state index in [-0.39, 0.29) is 12.5 Å². The van der Waals surface area contributed by atoms with E-state index in [1.807, 2.05) is 65.4 Å². The molecule has 2 aromatic heterocycles. The lowest BCUT2D eigenvalue weighted by molar-refractivity contribution is -0.116. The number of para-hydroxylation sites is 2. The van der Waals surface area contributed by atoms with E-state index in [1.165, 1.54) is 0 Å². The lowest BCUT2D eigenvalue weighted by Gasteiger charge is -2.10. The maximum Gasteiger partial charge on any atom is 0.244 e. The molecule has 1 amide bonds. The number of nitrogens with zero attached hydrogens (tertiary/aromatic N) is 3. The zero-order valence-electron chi connectivity index (χ0n) is 14.3. The van der Waals surface area contributed by atoms with Gasteiger partial charge >= 0.3 is 0 Å². The van der Waals surface area contributed by atoms with E-state index < -0.39 is 0 Å². The van der Waals surface area contributed by atoms with Crippen LogP contribution >= 0.6 is 11.3 Å². The Morgan fingerprint density at radius 3 is 2.88 bits per heavy atom. The third kappa shape index (κ3) is 3.23. The van der Waals surface area contributed by atoms with Crippen LogP contribution in [0.2, 0.25) is 0 Å². The number of rotatable bonds is 5. The van der Waals surface area contributed by atoms with Crippen molar-refractivity contribution in [3.8, 4) is 10.6 Å². The van der Waals surface area contributed by atoms with Gasteiger partial charge in [0.1, 0.15) is 17.4 Å². The molecule has 0 aliphatic rings. The number of imidazole rings is 1. The highest BCUT2D eigenvalue weighted by atomic mass is 32.1. The fourth-order valence-corrected chi connectivity index (χ4v) is 3.65. The topological polar surface area (TPSA) is 59.8 Å². The zero-order chi connectivity index (χ0) is 17.9. The van der Waals surface area contributed by atoms with Gasteiger partial charge in [0.2, 0.25) is 5.91 Å². The largest absolute Gasteiger partial charge is 0.325 e. The average Bonchev–Trinajstić information content (AvgIpc) is 3.30. The first-order valence-electron chi connectivity index (χ1n) is 8.48. The Bertz CT molecular complexity index is 1050. The normalized spacial score (nSPS) is 11.0. The number of nitrogens with one attached hydrogen (secondary N) is 1. The number of hydrogen-bond donors (Lipinski definition) is 1. The summed E-state index contributed by atoms with van der Waals surface area (Å²) in [4.78, 5) is 21.5. The van der Waals surface area contributed by atoms with Crippen molar-refractivity contribution in [2.75, 3.05) is 5.32 Å². The molecule has 0 spiro atoms. The fraction of sp³-hybridized carbons (Fsp3) is 0.150. The predicted molar refractivity (Wildman–Crippen MR) is 105 cm³/mol. The predicted octanol–water partition coefficient (Wildman–Crippen LogP) is 4.36. The van der Waals surface area contributed by atoms with Crippen molar-refractivity contribution in [1.82, 2.24) is 14.5 Å². The molecule has 0 unspecified atom stereocenters. The molecule has 0 saturated carbocycles. The molecule has 0 atom stereocenters. The number of benzene rings is 2. The summed E-state index contributed by atoms with van der Waals surface area (Å²) in [7, 11) is 0. The lowest BCUT2D eigenvalue weighted by Crippen LogP contribution is -2.20. The zero-order valence-corrected chi connectivity index (χ0v) is 15.2. The molecule has 4 rings (SSSR count). The fourth-order valence-electron chi connectivity index (χ4n) is 3.01. The Hall–Kier alpha value is -2.99. The van der Waals surface area contributed by atoms with Crippen molar-refractivity contribution in [3.05, 3.63) is 65.9 Å². The number of carbonyl (C=O) groups is 1. The average molecular weight is 362 g/mol. The number of anilines is 1. The van der Waals surface area contributed by atoms with E-state index in [9.17, 15) is 4.79 Å². The molecule has 0 radical (unpaired) electrons. The van der Waals surface area contributed by atoms with Gasteiger partial charge in [-0.1, -0.05) is 31.2 Å². The van der Waals surface area contributed by atoms with Crippen LogP contribution in [0.15, 0.2) is 60.1 Å². The van der Waals surface area contributed by atoms with Gasteiger partial charge in [0.15, 0.2) is 0 Å². The Morgan fingerprint density at radius 2 is 2.08 bits per heavy atom. The van der Waals surface area contributed by atoms with Gasteiger partial charge in [-0.15, -0.1) is 11.3 Å². The van der Waals surface area contributed by atoms with Gasteiger partial charge in [-0.05, 0) is 24.3 Å². The summed E-state index contributed by atoms with van der Waals surface area (Å²) in [6.45, 7) is 2.29. The molecular weight excluding hydrogens is 344 g/mol. The third-order valence-corrected chi connectivity index (χ3v) is 5.00. The molecule has 2 heterocycles. The molecule has 0 fully saturated rings. The second-order valence-electron chi connectivity index (χ2n) is 5.92. The summed E-state index contributed by atoms with van der Waals surface area (Å²) in [5.41, 5.74) is 3.67. The first-order valence-corrected chi connectivity index (χ1v) is 9.36. The molecule has 0 aliphatic carbocycles. The Labute approximate surface area is 155 Å². The van der Waals surface area contributed by atoms with Crippen LogP contribution in [0.4, 0.5) is 5.69 Å². The third-order valence-electron chi connectivity index (χ3n) is 4.18. The van der Waals surface area contributed by atoms with Crippen molar-refractivity contribution < 1.29 is 4.79 Å². The van der Waals surface area contributed by atoms with Crippen LogP contribution in [0.1, 0.15) is 12.7 Å². The summed E-state index contributed by atoms with van der Waals surface area (Å²) in [6.07, 6.45) is 2.56. The van der Waals surface area contributed by atoms with E-state index >= 15 is 0 Å². The molecule has 130 valence electrons. The minimum atomic E-state index is -0.0702. The quantitative estimate of drug-likeness (QED) is 0.574. The van der Waals surface area contributed by atoms with E-state index in [1.54, 1.807) is 17.5 Å². The molecular formula is C20H18N4OS. The van der Waals surface area contributed by atoms with Crippen molar-refractivity contribution in [2.45, 2.75) is 19.9 Å². The standard InChI is InChI=1S/C20H18N4OS/c1-2-18-23-16-8-3-4-9-17(16)24(18)13-19(25)22-15-7-5-6-14(12-15)20-21-10-11-26-20/h3-12H,2,13H2,1H3,(H,22,25). The van der Waals surface area contributed by atoms with E-state index in [4.69, 9.17) is 0 Å². The van der Waals surface area contributed by atoms with Crippen LogP contribution < -0.4 is 5.32 Å². The number of thiazole rings is 1. The van der Waals surface area contributed by atoms with Crippen LogP contribution in [0, 0.1) is 0 Å². The van der Waals surface area contributed by atoms with Crippen molar-refractivity contribution in [2.24, 2.45) is 0 Å². The summed E-state index contributed by atoms with van der Waals surface area (Å²) in [6, 6.07) is 15.7. The first kappa shape index (κ1) is 16.5. The van der Waals surface area contributed by atoms with Crippen LogP contribution in [-0.2, 0) is 17.8 Å². The molecule has 6 heteroatoms. The Morgan fingerprint density at radius 1 is 1.19 bits per heavy atom. The van der Waals surface area contributed by atoms with E-state index in [0.717, 1.165) is 39.5 Å². The number of fused-ring (bicyclic) bond motifs is 1. The van der Waals surface area contributed by atoms with Gasteiger partial charge in [-0.3, -0.25) is 4.79 Å². The van der Waals surface area contributed by atoms with Gasteiger partial charge < -0.3 is 9.88 Å². The number of hydrogen-bond acceptors (Lipinski definition) is 4. The second-order valence-corrected chi connectivity index (χ2v) is 6.82. The summed E-state index contributed by atoms with van der Waals surface area (Å²) >= 11 is 1.58.